The standard InChI is InChI=1S/C13H12N4O/c1-7-11-9-5-3-4-6-10(9)15-8(2)12(11)17(16-7)13(14)18/h3-6H,1-2H3,(H2,14,18). The maximum absolute atomic E-state index is 11.4. The van der Waals surface area contributed by atoms with Crippen molar-refractivity contribution in [1.29, 1.82) is 0 Å². The number of nitrogens with two attached hydrogens (primary N) is 1. The lowest BCUT2D eigenvalue weighted by atomic mass is 10.1. The molecule has 2 heterocycles. The highest BCUT2D eigenvalue weighted by molar-refractivity contribution is 6.08. The number of hydrogen-bond donors (Lipinski definition) is 1. The number of carbonyl (C=O) groups excluding carboxylic acids is 1. The summed E-state index contributed by atoms with van der Waals surface area (Å²) >= 11 is 0. The van der Waals surface area contributed by atoms with Gasteiger partial charge in [-0.05, 0) is 19.9 Å². The number of pyridine rings is 1. The molecule has 3 rings (SSSR count). The summed E-state index contributed by atoms with van der Waals surface area (Å²) in [4.78, 5) is 15.9. The zero-order valence-corrected chi connectivity index (χ0v) is 10.1. The molecule has 1 aromatic carbocycles. The number of rotatable bonds is 0. The minimum absolute atomic E-state index is 0.590. The van der Waals surface area contributed by atoms with Crippen LogP contribution in [0.5, 0.6) is 0 Å². The van der Waals surface area contributed by atoms with Gasteiger partial charge in [0, 0.05) is 10.8 Å². The third-order valence-corrected chi connectivity index (χ3v) is 3.07. The van der Waals surface area contributed by atoms with Gasteiger partial charge in [0.05, 0.1) is 16.9 Å². The van der Waals surface area contributed by atoms with Gasteiger partial charge < -0.3 is 5.73 Å². The van der Waals surface area contributed by atoms with Crippen molar-refractivity contribution in [3.8, 4) is 0 Å². The smallest absolute Gasteiger partial charge is 0.340 e. The molecule has 2 aromatic heterocycles. The van der Waals surface area contributed by atoms with E-state index in [1.54, 1.807) is 0 Å². The second-order valence-corrected chi connectivity index (χ2v) is 4.27. The largest absolute Gasteiger partial charge is 0.350 e. The molecule has 0 radical (unpaired) electrons. The third-order valence-electron chi connectivity index (χ3n) is 3.07. The third kappa shape index (κ3) is 1.30. The molecule has 0 fully saturated rings. The first-order chi connectivity index (χ1) is 8.59. The van der Waals surface area contributed by atoms with Crippen molar-refractivity contribution < 1.29 is 4.79 Å². The van der Waals surface area contributed by atoms with Crippen molar-refractivity contribution in [1.82, 2.24) is 14.8 Å². The molecular formula is C13H12N4O. The molecule has 0 spiro atoms. The number of aromatic nitrogens is 3. The van der Waals surface area contributed by atoms with E-state index in [1.165, 1.54) is 4.68 Å². The predicted octanol–water partition coefficient (Wildman–Crippen LogP) is 2.13. The summed E-state index contributed by atoms with van der Waals surface area (Å²) < 4.78 is 1.22. The Morgan fingerprint density at radius 3 is 2.67 bits per heavy atom. The summed E-state index contributed by atoms with van der Waals surface area (Å²) in [6.45, 7) is 3.73. The lowest BCUT2D eigenvalue weighted by molar-refractivity contribution is 0.248. The molecule has 3 aromatic rings. The van der Waals surface area contributed by atoms with Gasteiger partial charge in [-0.3, -0.25) is 4.98 Å². The Balaban J connectivity index is 2.62. The van der Waals surface area contributed by atoms with Gasteiger partial charge in [-0.15, -0.1) is 0 Å². The van der Waals surface area contributed by atoms with Crippen LogP contribution in [0.15, 0.2) is 24.3 Å². The van der Waals surface area contributed by atoms with Gasteiger partial charge in [-0.25, -0.2) is 4.79 Å². The van der Waals surface area contributed by atoms with Crippen LogP contribution in [0.2, 0.25) is 0 Å². The van der Waals surface area contributed by atoms with Crippen LogP contribution in [-0.2, 0) is 0 Å². The van der Waals surface area contributed by atoms with Crippen molar-refractivity contribution in [3.63, 3.8) is 0 Å². The van der Waals surface area contributed by atoms with Crippen LogP contribution >= 0.6 is 0 Å². The maximum atomic E-state index is 11.4. The van der Waals surface area contributed by atoms with Crippen molar-refractivity contribution in [2.45, 2.75) is 13.8 Å². The number of carbonyl (C=O) groups is 1. The van der Waals surface area contributed by atoms with Crippen LogP contribution in [0.1, 0.15) is 11.4 Å². The van der Waals surface area contributed by atoms with Crippen LogP contribution in [0.25, 0.3) is 21.8 Å². The second-order valence-electron chi connectivity index (χ2n) is 4.27. The van der Waals surface area contributed by atoms with E-state index in [1.807, 2.05) is 38.1 Å². The molecule has 90 valence electrons. The molecule has 0 atom stereocenters. The fraction of sp³-hybridized carbons (Fsp3) is 0.154. The number of hydrogen-bond acceptors (Lipinski definition) is 3. The minimum atomic E-state index is -0.590. The molecule has 0 aliphatic heterocycles. The number of benzene rings is 1. The number of amides is 1. The van der Waals surface area contributed by atoms with E-state index in [0.717, 1.165) is 27.7 Å². The number of nitrogens with zero attached hydrogens (tertiary/aromatic N) is 3. The highest BCUT2D eigenvalue weighted by Gasteiger charge is 2.16. The highest BCUT2D eigenvalue weighted by atomic mass is 16.2. The summed E-state index contributed by atoms with van der Waals surface area (Å²) in [6, 6.07) is 7.22. The predicted molar refractivity (Wildman–Crippen MR) is 69.5 cm³/mol. The van der Waals surface area contributed by atoms with Gasteiger partial charge in [0.25, 0.3) is 0 Å². The van der Waals surface area contributed by atoms with E-state index in [-0.39, 0.29) is 0 Å². The van der Waals surface area contributed by atoms with Gasteiger partial charge >= 0.3 is 6.03 Å². The molecule has 0 bridgehead atoms. The first kappa shape index (κ1) is 10.7. The Kier molecular flexibility index (Phi) is 2.10. The van der Waals surface area contributed by atoms with Crippen molar-refractivity contribution in [3.05, 3.63) is 35.7 Å². The first-order valence-electron chi connectivity index (χ1n) is 5.64. The molecule has 0 aliphatic rings. The van der Waals surface area contributed by atoms with Crippen LogP contribution in [0.4, 0.5) is 4.79 Å². The van der Waals surface area contributed by atoms with Crippen LogP contribution < -0.4 is 5.73 Å². The highest BCUT2D eigenvalue weighted by Crippen LogP contribution is 2.28. The van der Waals surface area contributed by atoms with E-state index >= 15 is 0 Å². The van der Waals surface area contributed by atoms with E-state index in [0.29, 0.717) is 5.52 Å². The fourth-order valence-corrected chi connectivity index (χ4v) is 2.36. The number of primary amides is 1. The second kappa shape index (κ2) is 3.53. The van der Waals surface area contributed by atoms with Gasteiger partial charge in [0.15, 0.2) is 0 Å². The number of para-hydroxylation sites is 1. The van der Waals surface area contributed by atoms with Crippen LogP contribution in [-0.4, -0.2) is 20.8 Å². The SMILES string of the molecule is Cc1nn(C(N)=O)c2c(C)nc3ccccc3c12. The van der Waals surface area contributed by atoms with Crippen molar-refractivity contribution in [2.75, 3.05) is 0 Å². The summed E-state index contributed by atoms with van der Waals surface area (Å²) in [5.41, 5.74) is 8.47. The van der Waals surface area contributed by atoms with Crippen molar-refractivity contribution >= 4 is 27.8 Å². The molecule has 2 N–H and O–H groups in total. The molecule has 18 heavy (non-hydrogen) atoms. The molecule has 5 heteroatoms. The zero-order chi connectivity index (χ0) is 12.9. The topological polar surface area (TPSA) is 73.8 Å². The lowest BCUT2D eigenvalue weighted by Crippen LogP contribution is -2.21. The zero-order valence-electron chi connectivity index (χ0n) is 10.1. The Bertz CT molecular complexity index is 788. The first-order valence-corrected chi connectivity index (χ1v) is 5.64. The molecule has 0 saturated heterocycles. The Morgan fingerprint density at radius 2 is 1.94 bits per heavy atom. The van der Waals surface area contributed by atoms with E-state index in [2.05, 4.69) is 10.1 Å². The molecule has 0 saturated carbocycles. The average molecular weight is 240 g/mol. The summed E-state index contributed by atoms with van der Waals surface area (Å²) in [6.07, 6.45) is 0. The molecule has 0 unspecified atom stereocenters. The Hall–Kier alpha value is -2.43. The molecule has 0 aliphatic carbocycles. The minimum Gasteiger partial charge on any atom is -0.350 e. The maximum Gasteiger partial charge on any atom is 0.340 e. The molecule has 1 amide bonds. The van der Waals surface area contributed by atoms with Gasteiger partial charge in [0.2, 0.25) is 0 Å². The summed E-state index contributed by atoms with van der Waals surface area (Å²) in [5.74, 6) is 0. The van der Waals surface area contributed by atoms with Crippen LogP contribution in [0, 0.1) is 13.8 Å². The lowest BCUT2D eigenvalue weighted by Gasteiger charge is -2.04. The summed E-state index contributed by atoms with van der Waals surface area (Å²) in [7, 11) is 0. The van der Waals surface area contributed by atoms with E-state index in [4.69, 9.17) is 5.73 Å². The van der Waals surface area contributed by atoms with Crippen LogP contribution in [0.3, 0.4) is 0 Å². The van der Waals surface area contributed by atoms with Gasteiger partial charge in [0.1, 0.15) is 5.52 Å². The fourth-order valence-electron chi connectivity index (χ4n) is 2.36. The number of fused-ring (bicyclic) bond motifs is 3. The summed E-state index contributed by atoms with van der Waals surface area (Å²) in [5, 5.41) is 6.13. The van der Waals surface area contributed by atoms with Gasteiger partial charge in [-0.1, -0.05) is 18.2 Å². The quantitative estimate of drug-likeness (QED) is 0.654. The van der Waals surface area contributed by atoms with Gasteiger partial charge in [-0.2, -0.15) is 9.78 Å². The van der Waals surface area contributed by atoms with E-state index < -0.39 is 6.03 Å². The number of aryl methyl sites for hydroxylation is 2. The monoisotopic (exact) mass is 240 g/mol. The normalized spacial score (nSPS) is 11.2. The van der Waals surface area contributed by atoms with Crippen molar-refractivity contribution in [2.24, 2.45) is 5.73 Å². The molecular weight excluding hydrogens is 228 g/mol. The van der Waals surface area contributed by atoms with E-state index in [9.17, 15) is 4.79 Å². The Morgan fingerprint density at radius 1 is 1.22 bits per heavy atom. The average Bonchev–Trinajstić information content (AvgIpc) is 2.69. The molecule has 5 nitrogen and oxygen atoms in total. The Labute approximate surface area is 103 Å².